The van der Waals surface area contributed by atoms with Crippen molar-refractivity contribution in [1.82, 2.24) is 4.90 Å². The molecule has 2 atom stereocenters. The molecule has 0 bridgehead atoms. The van der Waals surface area contributed by atoms with Crippen LogP contribution in [0.3, 0.4) is 0 Å². The molecule has 168 valence electrons. The van der Waals surface area contributed by atoms with Gasteiger partial charge in [0.2, 0.25) is 0 Å². The van der Waals surface area contributed by atoms with Gasteiger partial charge in [-0.3, -0.25) is 0 Å². The molecule has 0 N–H and O–H groups in total. The van der Waals surface area contributed by atoms with Crippen molar-refractivity contribution in [2.75, 3.05) is 36.8 Å². The van der Waals surface area contributed by atoms with E-state index in [1.807, 2.05) is 0 Å². The Morgan fingerprint density at radius 1 is 0.879 bits per heavy atom. The number of hydrogen-bond donors (Lipinski definition) is 0. The van der Waals surface area contributed by atoms with Gasteiger partial charge in [-0.2, -0.15) is 0 Å². The summed E-state index contributed by atoms with van der Waals surface area (Å²) in [6.07, 6.45) is 6.14. The van der Waals surface area contributed by atoms with Gasteiger partial charge in [-0.15, -0.1) is 11.8 Å². The van der Waals surface area contributed by atoms with Gasteiger partial charge in [0.1, 0.15) is 0 Å². The van der Waals surface area contributed by atoms with Crippen LogP contribution in [0.4, 0.5) is 5.69 Å². The molecule has 6 rings (SSSR count). The summed E-state index contributed by atoms with van der Waals surface area (Å²) in [7, 11) is 0. The third-order valence-electron chi connectivity index (χ3n) is 7.54. The maximum atomic E-state index is 2.77. The van der Waals surface area contributed by atoms with Crippen LogP contribution in [0.15, 0.2) is 89.8 Å². The molecule has 3 aromatic carbocycles. The summed E-state index contributed by atoms with van der Waals surface area (Å²) >= 11 is 2.06. The molecule has 3 aromatic rings. The van der Waals surface area contributed by atoms with Crippen LogP contribution in [0.25, 0.3) is 5.57 Å². The highest BCUT2D eigenvalue weighted by atomic mass is 32.2. The monoisotopic (exact) mass is 452 g/mol. The second kappa shape index (κ2) is 9.40. The number of piperidine rings is 1. The first-order valence-corrected chi connectivity index (χ1v) is 13.4. The van der Waals surface area contributed by atoms with Gasteiger partial charge in [0, 0.05) is 43.0 Å². The summed E-state index contributed by atoms with van der Waals surface area (Å²) in [5.74, 6) is 1.92. The van der Waals surface area contributed by atoms with E-state index in [1.165, 1.54) is 59.8 Å². The molecular formula is C30H32N2S. The average molecular weight is 453 g/mol. The molecule has 0 radical (unpaired) electrons. The Balaban J connectivity index is 1.19. The first-order chi connectivity index (χ1) is 16.4. The molecule has 1 fully saturated rings. The van der Waals surface area contributed by atoms with Gasteiger partial charge in [0.25, 0.3) is 0 Å². The molecule has 2 unspecified atom stereocenters. The Morgan fingerprint density at radius 3 is 2.39 bits per heavy atom. The van der Waals surface area contributed by atoms with Crippen molar-refractivity contribution in [3.05, 3.63) is 102 Å². The molecule has 0 saturated carbocycles. The van der Waals surface area contributed by atoms with Gasteiger partial charge in [0.15, 0.2) is 0 Å². The van der Waals surface area contributed by atoms with E-state index in [4.69, 9.17) is 0 Å². The zero-order chi connectivity index (χ0) is 22.0. The number of fused-ring (bicyclic) bond motifs is 3. The SMILES string of the molecule is C(CCN1CCC2C(C1)c1cccc3c1N2CCCS3)=C(c1ccccc1)c1ccccc1. The maximum Gasteiger partial charge on any atom is 0.0543 e. The van der Waals surface area contributed by atoms with Crippen LogP contribution in [0.2, 0.25) is 0 Å². The van der Waals surface area contributed by atoms with E-state index in [0.717, 1.165) is 13.0 Å². The van der Waals surface area contributed by atoms with Gasteiger partial charge in [-0.05, 0) is 53.3 Å². The molecule has 0 spiro atoms. The van der Waals surface area contributed by atoms with Crippen molar-refractivity contribution in [3.8, 4) is 0 Å². The fourth-order valence-corrected chi connectivity index (χ4v) is 7.08. The lowest BCUT2D eigenvalue weighted by molar-refractivity contribution is 0.196. The molecule has 2 nitrogen and oxygen atoms in total. The molecule has 3 heteroatoms. The van der Waals surface area contributed by atoms with Crippen molar-refractivity contribution in [2.24, 2.45) is 0 Å². The predicted octanol–water partition coefficient (Wildman–Crippen LogP) is 6.68. The van der Waals surface area contributed by atoms with Crippen LogP contribution in [0.1, 0.15) is 41.9 Å². The lowest BCUT2D eigenvalue weighted by atomic mass is 9.89. The minimum atomic E-state index is 0.666. The Kier molecular flexibility index (Phi) is 6.00. The summed E-state index contributed by atoms with van der Waals surface area (Å²) in [5.41, 5.74) is 7.16. The van der Waals surface area contributed by atoms with Crippen molar-refractivity contribution in [3.63, 3.8) is 0 Å². The minimum absolute atomic E-state index is 0.666. The first kappa shape index (κ1) is 21.1. The quantitative estimate of drug-likeness (QED) is 0.426. The first-order valence-electron chi connectivity index (χ1n) is 12.4. The van der Waals surface area contributed by atoms with Gasteiger partial charge in [-0.25, -0.2) is 0 Å². The number of thioether (sulfide) groups is 1. The Morgan fingerprint density at radius 2 is 1.64 bits per heavy atom. The van der Waals surface area contributed by atoms with Crippen LogP contribution in [0.5, 0.6) is 0 Å². The fourth-order valence-electron chi connectivity index (χ4n) is 6.04. The van der Waals surface area contributed by atoms with E-state index < -0.39 is 0 Å². The Bertz CT molecular complexity index is 1080. The van der Waals surface area contributed by atoms with Crippen LogP contribution in [-0.2, 0) is 0 Å². The van der Waals surface area contributed by atoms with Gasteiger partial charge < -0.3 is 9.80 Å². The van der Waals surface area contributed by atoms with Crippen LogP contribution < -0.4 is 4.90 Å². The van der Waals surface area contributed by atoms with E-state index in [-0.39, 0.29) is 0 Å². The standard InChI is InChI=1S/C30H32N2S/c1-3-10-23(11-4-1)25(24-12-5-2-6-13-24)15-8-18-31-20-17-28-27(22-31)26-14-7-16-29-30(26)32(28)19-9-21-33-29/h1-7,10-16,27-28H,8-9,17-22H2. The number of nitrogens with zero attached hydrogens (tertiary/aromatic N) is 2. The van der Waals surface area contributed by atoms with Crippen LogP contribution >= 0.6 is 11.8 Å². The normalized spacial score (nSPS) is 21.8. The van der Waals surface area contributed by atoms with E-state index in [2.05, 4.69) is 107 Å². The second-order valence-corrected chi connectivity index (χ2v) is 10.6. The molecule has 1 saturated heterocycles. The number of benzene rings is 3. The zero-order valence-corrected chi connectivity index (χ0v) is 20.0. The number of hydrogen-bond acceptors (Lipinski definition) is 3. The second-order valence-electron chi connectivity index (χ2n) is 9.49. The Labute approximate surface area is 202 Å². The molecular weight excluding hydrogens is 420 g/mol. The minimum Gasteiger partial charge on any atom is -0.367 e. The van der Waals surface area contributed by atoms with E-state index in [1.54, 1.807) is 11.3 Å². The van der Waals surface area contributed by atoms with Crippen molar-refractivity contribution in [2.45, 2.75) is 36.1 Å². The van der Waals surface area contributed by atoms with Gasteiger partial charge in [-0.1, -0.05) is 78.9 Å². The molecule has 3 aliphatic heterocycles. The maximum absolute atomic E-state index is 2.77. The average Bonchev–Trinajstić information content (AvgIpc) is 3.03. The summed E-state index contributed by atoms with van der Waals surface area (Å²) in [6.45, 7) is 4.78. The summed E-state index contributed by atoms with van der Waals surface area (Å²) < 4.78 is 0. The number of para-hydroxylation sites is 1. The molecule has 3 aliphatic rings. The highest BCUT2D eigenvalue weighted by Gasteiger charge is 2.43. The number of rotatable bonds is 5. The largest absolute Gasteiger partial charge is 0.367 e. The number of anilines is 1. The van der Waals surface area contributed by atoms with Crippen LogP contribution in [-0.4, -0.2) is 42.9 Å². The molecule has 0 aliphatic carbocycles. The smallest absolute Gasteiger partial charge is 0.0543 e. The van der Waals surface area contributed by atoms with Gasteiger partial charge >= 0.3 is 0 Å². The van der Waals surface area contributed by atoms with Crippen molar-refractivity contribution < 1.29 is 0 Å². The lowest BCUT2D eigenvalue weighted by Gasteiger charge is -2.39. The molecule has 3 heterocycles. The molecule has 33 heavy (non-hydrogen) atoms. The zero-order valence-electron chi connectivity index (χ0n) is 19.2. The van der Waals surface area contributed by atoms with Crippen molar-refractivity contribution >= 4 is 23.0 Å². The summed E-state index contributed by atoms with van der Waals surface area (Å²) in [5, 5.41) is 0. The third kappa shape index (κ3) is 4.13. The van der Waals surface area contributed by atoms with E-state index in [9.17, 15) is 0 Å². The van der Waals surface area contributed by atoms with Crippen molar-refractivity contribution in [1.29, 1.82) is 0 Å². The predicted molar refractivity (Wildman–Crippen MR) is 141 cm³/mol. The molecule has 0 aromatic heterocycles. The Hall–Kier alpha value is -2.49. The number of likely N-dealkylation sites (tertiary alicyclic amines) is 1. The lowest BCUT2D eigenvalue weighted by Crippen LogP contribution is -2.46. The highest BCUT2D eigenvalue weighted by molar-refractivity contribution is 7.99. The summed E-state index contributed by atoms with van der Waals surface area (Å²) in [4.78, 5) is 7.00. The topological polar surface area (TPSA) is 6.48 Å². The third-order valence-corrected chi connectivity index (χ3v) is 8.68. The van der Waals surface area contributed by atoms with E-state index >= 15 is 0 Å². The fraction of sp³-hybridized carbons (Fsp3) is 0.333. The highest BCUT2D eigenvalue weighted by Crippen LogP contribution is 2.50. The summed E-state index contributed by atoms with van der Waals surface area (Å²) in [6, 6.07) is 29.4. The molecule has 0 amide bonds. The van der Waals surface area contributed by atoms with Crippen LogP contribution in [0, 0.1) is 0 Å². The van der Waals surface area contributed by atoms with Gasteiger partial charge in [0.05, 0.1) is 5.69 Å². The van der Waals surface area contributed by atoms with E-state index in [0.29, 0.717) is 12.0 Å².